The second-order valence-corrected chi connectivity index (χ2v) is 7.15. The highest BCUT2D eigenvalue weighted by atomic mass is 16.6. The fourth-order valence-electron chi connectivity index (χ4n) is 2.90. The van der Waals surface area contributed by atoms with E-state index in [1.807, 2.05) is 51.1 Å². The number of benzene rings is 1. The van der Waals surface area contributed by atoms with Gasteiger partial charge in [0.25, 0.3) is 0 Å². The summed E-state index contributed by atoms with van der Waals surface area (Å²) in [7, 11) is 0. The van der Waals surface area contributed by atoms with Gasteiger partial charge in [-0.3, -0.25) is 4.57 Å². The zero-order valence-electron chi connectivity index (χ0n) is 14.4. The summed E-state index contributed by atoms with van der Waals surface area (Å²) in [6.45, 7) is 7.03. The molecule has 0 radical (unpaired) electrons. The van der Waals surface area contributed by atoms with Crippen molar-refractivity contribution in [2.24, 2.45) is 0 Å². The van der Waals surface area contributed by atoms with E-state index in [9.17, 15) is 9.90 Å². The average Bonchev–Trinajstić information content (AvgIpc) is 2.87. The highest BCUT2D eigenvalue weighted by Gasteiger charge is 2.21. The molecule has 24 heavy (non-hydrogen) atoms. The van der Waals surface area contributed by atoms with Gasteiger partial charge in [0.2, 0.25) is 0 Å². The van der Waals surface area contributed by atoms with Crippen LogP contribution in [-0.4, -0.2) is 40.6 Å². The lowest BCUT2D eigenvalue weighted by molar-refractivity contribution is 0.0544. The van der Waals surface area contributed by atoms with Crippen molar-refractivity contribution >= 4 is 23.1 Å². The lowest BCUT2D eigenvalue weighted by atomic mass is 10.00. The number of hydrogen-bond acceptors (Lipinski definition) is 4. The van der Waals surface area contributed by atoms with Gasteiger partial charge in [0.1, 0.15) is 5.60 Å². The van der Waals surface area contributed by atoms with E-state index in [2.05, 4.69) is 5.32 Å². The smallest absolute Gasteiger partial charge is 0.419 e. The Hall–Kier alpha value is -2.11. The van der Waals surface area contributed by atoms with Crippen LogP contribution < -0.4 is 5.32 Å². The lowest BCUT2D eigenvalue weighted by Gasteiger charge is -2.21. The highest BCUT2D eigenvalue weighted by molar-refractivity contribution is 5.95. The molecule has 1 saturated heterocycles. The predicted octanol–water partition coefficient (Wildman–Crippen LogP) is 3.16. The number of ether oxygens (including phenoxy) is 1. The van der Waals surface area contributed by atoms with E-state index in [-0.39, 0.29) is 0 Å². The van der Waals surface area contributed by atoms with Crippen LogP contribution in [0.15, 0.2) is 36.0 Å². The Morgan fingerprint density at radius 3 is 2.83 bits per heavy atom. The number of hydrogen-bond donors (Lipinski definition) is 2. The Labute approximate surface area is 141 Å². The quantitative estimate of drug-likeness (QED) is 0.844. The Morgan fingerprint density at radius 2 is 2.12 bits per heavy atom. The molecule has 5 heteroatoms. The van der Waals surface area contributed by atoms with Crippen molar-refractivity contribution in [1.29, 1.82) is 0 Å². The van der Waals surface area contributed by atoms with Gasteiger partial charge in [-0.15, -0.1) is 0 Å². The molecule has 0 saturated carbocycles. The number of piperidine rings is 1. The molecule has 1 aliphatic heterocycles. The van der Waals surface area contributed by atoms with Gasteiger partial charge in [0, 0.05) is 23.7 Å². The fraction of sp³-hybridized carbons (Fsp3) is 0.421. The van der Waals surface area contributed by atoms with Crippen LogP contribution in [0.1, 0.15) is 32.8 Å². The number of fused-ring (bicyclic) bond motifs is 1. The Morgan fingerprint density at radius 1 is 1.38 bits per heavy atom. The molecule has 2 heterocycles. The van der Waals surface area contributed by atoms with Gasteiger partial charge in [-0.2, -0.15) is 0 Å². The maximum Gasteiger partial charge on any atom is 0.419 e. The van der Waals surface area contributed by atoms with E-state index < -0.39 is 17.8 Å². The Bertz CT molecular complexity index is 783. The minimum atomic E-state index is -0.551. The number of rotatable bonds is 1. The van der Waals surface area contributed by atoms with Gasteiger partial charge in [-0.05, 0) is 51.5 Å². The van der Waals surface area contributed by atoms with E-state index in [0.717, 1.165) is 28.6 Å². The van der Waals surface area contributed by atoms with E-state index in [1.54, 1.807) is 6.20 Å². The highest BCUT2D eigenvalue weighted by Crippen LogP contribution is 2.26. The third kappa shape index (κ3) is 3.52. The van der Waals surface area contributed by atoms with Crippen molar-refractivity contribution in [1.82, 2.24) is 9.88 Å². The minimum Gasteiger partial charge on any atom is -0.443 e. The first-order valence-corrected chi connectivity index (χ1v) is 8.28. The number of nitrogens with zero attached hydrogens (tertiary/aromatic N) is 1. The van der Waals surface area contributed by atoms with Crippen LogP contribution in [0.5, 0.6) is 0 Å². The van der Waals surface area contributed by atoms with Gasteiger partial charge in [0.05, 0.1) is 11.6 Å². The number of carbonyl (C=O) groups is 1. The molecule has 128 valence electrons. The normalized spacial score (nSPS) is 20.5. The van der Waals surface area contributed by atoms with Crippen LogP contribution in [0, 0.1) is 0 Å². The molecule has 1 unspecified atom stereocenters. The fourth-order valence-corrected chi connectivity index (χ4v) is 2.90. The van der Waals surface area contributed by atoms with Crippen LogP contribution in [-0.2, 0) is 4.74 Å². The molecule has 1 atom stereocenters. The van der Waals surface area contributed by atoms with Crippen molar-refractivity contribution in [2.75, 3.05) is 13.1 Å². The molecule has 2 aromatic rings. The SMILES string of the molecule is CC(C)(C)OC(=O)n1cc(C=C2CNCCC2O)c2ccccc21. The molecule has 3 rings (SSSR count). The van der Waals surface area contributed by atoms with Gasteiger partial charge in [-0.25, -0.2) is 4.79 Å². The summed E-state index contributed by atoms with van der Waals surface area (Å²) >= 11 is 0. The van der Waals surface area contributed by atoms with Crippen molar-refractivity contribution in [2.45, 2.75) is 38.9 Å². The molecule has 1 fully saturated rings. The molecule has 1 aromatic heterocycles. The summed E-state index contributed by atoms with van der Waals surface area (Å²) in [5, 5.41) is 14.4. The summed E-state index contributed by atoms with van der Waals surface area (Å²) in [4.78, 5) is 12.5. The largest absolute Gasteiger partial charge is 0.443 e. The lowest BCUT2D eigenvalue weighted by Crippen LogP contribution is -2.33. The van der Waals surface area contributed by atoms with E-state index in [4.69, 9.17) is 4.74 Å². The van der Waals surface area contributed by atoms with Gasteiger partial charge in [-0.1, -0.05) is 18.2 Å². The zero-order valence-corrected chi connectivity index (χ0v) is 14.4. The topological polar surface area (TPSA) is 63.5 Å². The van der Waals surface area contributed by atoms with E-state index in [1.165, 1.54) is 4.57 Å². The standard InChI is InChI=1S/C19H24N2O3/c1-19(2,3)24-18(23)21-12-14(15-6-4-5-7-16(15)21)10-13-11-20-9-8-17(13)22/h4-7,10,12,17,20,22H,8-9,11H2,1-3H3. The summed E-state index contributed by atoms with van der Waals surface area (Å²) in [6, 6.07) is 7.72. The first-order chi connectivity index (χ1) is 11.3. The van der Waals surface area contributed by atoms with Crippen LogP contribution >= 0.6 is 0 Å². The van der Waals surface area contributed by atoms with Crippen LogP contribution in [0.25, 0.3) is 17.0 Å². The Kier molecular flexibility index (Phi) is 4.47. The molecule has 0 aliphatic carbocycles. The predicted molar refractivity (Wildman–Crippen MR) is 95.0 cm³/mol. The number of para-hydroxylation sites is 1. The number of nitrogens with one attached hydrogen (secondary N) is 1. The van der Waals surface area contributed by atoms with Crippen LogP contribution in [0.2, 0.25) is 0 Å². The summed E-state index contributed by atoms with van der Waals surface area (Å²) in [5.74, 6) is 0. The third-order valence-electron chi connectivity index (χ3n) is 4.03. The van der Waals surface area contributed by atoms with Crippen LogP contribution in [0.4, 0.5) is 4.79 Å². The second kappa shape index (κ2) is 6.42. The number of aliphatic hydroxyl groups is 1. The number of aromatic nitrogens is 1. The van der Waals surface area contributed by atoms with Gasteiger partial charge < -0.3 is 15.2 Å². The summed E-state index contributed by atoms with van der Waals surface area (Å²) in [6.07, 6.45) is 3.63. The second-order valence-electron chi connectivity index (χ2n) is 7.15. The van der Waals surface area contributed by atoms with Crippen molar-refractivity contribution in [3.05, 3.63) is 41.6 Å². The number of aliphatic hydroxyl groups excluding tert-OH is 1. The Balaban J connectivity index is 2.04. The molecule has 0 spiro atoms. The van der Waals surface area contributed by atoms with Gasteiger partial charge >= 0.3 is 6.09 Å². The first-order valence-electron chi connectivity index (χ1n) is 8.28. The average molecular weight is 328 g/mol. The molecule has 1 aromatic carbocycles. The first kappa shape index (κ1) is 16.7. The molecular formula is C19H24N2O3. The monoisotopic (exact) mass is 328 g/mol. The molecular weight excluding hydrogens is 304 g/mol. The summed E-state index contributed by atoms with van der Waals surface area (Å²) < 4.78 is 7.04. The third-order valence-corrected chi connectivity index (χ3v) is 4.03. The van der Waals surface area contributed by atoms with Crippen molar-refractivity contribution in [3.8, 4) is 0 Å². The van der Waals surface area contributed by atoms with Gasteiger partial charge in [0.15, 0.2) is 0 Å². The molecule has 2 N–H and O–H groups in total. The van der Waals surface area contributed by atoms with E-state index in [0.29, 0.717) is 13.0 Å². The zero-order chi connectivity index (χ0) is 17.3. The maximum absolute atomic E-state index is 12.5. The van der Waals surface area contributed by atoms with Crippen molar-refractivity contribution < 1.29 is 14.6 Å². The summed E-state index contributed by atoms with van der Waals surface area (Å²) in [5.41, 5.74) is 2.10. The van der Waals surface area contributed by atoms with Crippen molar-refractivity contribution in [3.63, 3.8) is 0 Å². The maximum atomic E-state index is 12.5. The molecule has 0 amide bonds. The minimum absolute atomic E-state index is 0.398. The van der Waals surface area contributed by atoms with Crippen LogP contribution in [0.3, 0.4) is 0 Å². The number of carbonyl (C=O) groups excluding carboxylic acids is 1. The molecule has 1 aliphatic rings. The molecule has 5 nitrogen and oxygen atoms in total. The molecule has 0 bridgehead atoms. The van der Waals surface area contributed by atoms with E-state index >= 15 is 0 Å².